The lowest BCUT2D eigenvalue weighted by Gasteiger charge is -2.30. The van der Waals surface area contributed by atoms with Gasteiger partial charge < -0.3 is 5.32 Å². The van der Waals surface area contributed by atoms with Gasteiger partial charge in [-0.15, -0.1) is 11.8 Å². The van der Waals surface area contributed by atoms with Gasteiger partial charge in [-0.05, 0) is 80.5 Å². The summed E-state index contributed by atoms with van der Waals surface area (Å²) in [5.74, 6) is 0. The fourth-order valence-corrected chi connectivity index (χ4v) is 3.69. The Morgan fingerprint density at radius 1 is 1.19 bits per heavy atom. The molecule has 0 saturated carbocycles. The lowest BCUT2D eigenvalue weighted by molar-refractivity contribution is -0.102. The standard InChI is InChI=1S/C22H25N3OS/c1-15-5-6-17-7-8-18(23-3)13-21(17)22(15)25(24-16(2)14-26)19-9-11-20(27-4)12-10-19/h7-14,23H,5-6H2,1-4H3/b24-16+. The van der Waals surface area contributed by atoms with E-state index in [0.717, 1.165) is 36.2 Å². The molecule has 4 nitrogen and oxygen atoms in total. The van der Waals surface area contributed by atoms with Gasteiger partial charge in [0.15, 0.2) is 6.29 Å². The van der Waals surface area contributed by atoms with Gasteiger partial charge in [0, 0.05) is 23.2 Å². The molecule has 1 N–H and O–H groups in total. The normalized spacial score (nSPS) is 14.0. The molecule has 1 aliphatic rings. The molecule has 0 unspecified atom stereocenters. The molecule has 0 atom stereocenters. The summed E-state index contributed by atoms with van der Waals surface area (Å²) in [5.41, 5.74) is 7.27. The SMILES string of the molecule is CNc1ccc2c(c1)C(N(/N=C(\C)C=O)c1ccc(SC)cc1)=C(C)CC2. The Balaban J connectivity index is 2.18. The Hall–Kier alpha value is -2.53. The van der Waals surface area contributed by atoms with Crippen molar-refractivity contribution >= 4 is 40.8 Å². The topological polar surface area (TPSA) is 44.7 Å². The molecule has 0 spiro atoms. The number of hydrogen-bond donors (Lipinski definition) is 1. The number of carbonyl (C=O) groups is 1. The maximum Gasteiger partial charge on any atom is 0.165 e. The fraction of sp³-hybridized carbons (Fsp3) is 0.273. The summed E-state index contributed by atoms with van der Waals surface area (Å²) in [5, 5.41) is 9.79. The van der Waals surface area contributed by atoms with E-state index in [1.165, 1.54) is 21.6 Å². The Morgan fingerprint density at radius 2 is 1.93 bits per heavy atom. The van der Waals surface area contributed by atoms with Crippen molar-refractivity contribution in [3.63, 3.8) is 0 Å². The van der Waals surface area contributed by atoms with Gasteiger partial charge >= 0.3 is 0 Å². The van der Waals surface area contributed by atoms with Crippen LogP contribution in [0.4, 0.5) is 11.4 Å². The highest BCUT2D eigenvalue weighted by atomic mass is 32.2. The van der Waals surface area contributed by atoms with Gasteiger partial charge in [-0.25, -0.2) is 5.01 Å². The molecule has 0 aromatic heterocycles. The predicted octanol–water partition coefficient (Wildman–Crippen LogP) is 5.21. The molecular weight excluding hydrogens is 354 g/mol. The average molecular weight is 380 g/mol. The number of benzene rings is 2. The molecule has 1 aliphatic carbocycles. The molecule has 0 heterocycles. The number of hydrogen-bond acceptors (Lipinski definition) is 5. The Bertz CT molecular complexity index is 900. The first-order valence-electron chi connectivity index (χ1n) is 9.02. The number of carbonyl (C=O) groups excluding carboxylic acids is 1. The van der Waals surface area contributed by atoms with Gasteiger partial charge in [0.1, 0.15) is 0 Å². The number of rotatable bonds is 6. The van der Waals surface area contributed by atoms with Gasteiger partial charge in [-0.3, -0.25) is 4.79 Å². The minimum absolute atomic E-state index is 0.445. The van der Waals surface area contributed by atoms with Crippen LogP contribution in [0, 0.1) is 0 Å². The van der Waals surface area contributed by atoms with Crippen LogP contribution in [-0.2, 0) is 11.2 Å². The number of hydrazone groups is 1. The second-order valence-electron chi connectivity index (χ2n) is 6.62. The minimum atomic E-state index is 0.445. The summed E-state index contributed by atoms with van der Waals surface area (Å²) < 4.78 is 0. The fourth-order valence-electron chi connectivity index (χ4n) is 3.28. The van der Waals surface area contributed by atoms with Crippen LogP contribution in [-0.4, -0.2) is 25.3 Å². The third-order valence-corrected chi connectivity index (χ3v) is 5.53. The minimum Gasteiger partial charge on any atom is -0.388 e. The number of aryl methyl sites for hydroxylation is 1. The molecule has 3 rings (SSSR count). The number of nitrogens with zero attached hydrogens (tertiary/aromatic N) is 2. The van der Waals surface area contributed by atoms with Crippen molar-refractivity contribution in [1.29, 1.82) is 0 Å². The molecule has 27 heavy (non-hydrogen) atoms. The lowest BCUT2D eigenvalue weighted by Crippen LogP contribution is -2.22. The highest BCUT2D eigenvalue weighted by Crippen LogP contribution is 2.38. The van der Waals surface area contributed by atoms with Gasteiger partial charge in [-0.1, -0.05) is 6.07 Å². The summed E-state index contributed by atoms with van der Waals surface area (Å²) >= 11 is 1.71. The first-order chi connectivity index (χ1) is 13.1. The molecule has 0 saturated heterocycles. The van der Waals surface area contributed by atoms with Crippen LogP contribution in [0.25, 0.3) is 5.70 Å². The molecule has 5 heteroatoms. The van der Waals surface area contributed by atoms with E-state index < -0.39 is 0 Å². The van der Waals surface area contributed by atoms with Crippen molar-refractivity contribution in [2.75, 3.05) is 23.6 Å². The molecule has 0 radical (unpaired) electrons. The van der Waals surface area contributed by atoms with Gasteiger partial charge in [0.2, 0.25) is 0 Å². The van der Waals surface area contributed by atoms with Crippen molar-refractivity contribution < 1.29 is 4.79 Å². The summed E-state index contributed by atoms with van der Waals surface area (Å²) in [4.78, 5) is 12.5. The third-order valence-electron chi connectivity index (χ3n) is 4.78. The summed E-state index contributed by atoms with van der Waals surface area (Å²) in [6.07, 6.45) is 4.86. The zero-order valence-electron chi connectivity index (χ0n) is 16.2. The van der Waals surface area contributed by atoms with Crippen LogP contribution in [0.5, 0.6) is 0 Å². The van der Waals surface area contributed by atoms with Crippen LogP contribution in [0.2, 0.25) is 0 Å². The van der Waals surface area contributed by atoms with E-state index in [4.69, 9.17) is 0 Å². The zero-order chi connectivity index (χ0) is 19.4. The molecule has 140 valence electrons. The summed E-state index contributed by atoms with van der Waals surface area (Å²) in [6.45, 7) is 3.89. The van der Waals surface area contributed by atoms with Crippen LogP contribution in [0.15, 0.2) is 58.0 Å². The molecule has 0 fully saturated rings. The smallest absolute Gasteiger partial charge is 0.165 e. The van der Waals surface area contributed by atoms with Crippen LogP contribution in [0.1, 0.15) is 31.4 Å². The van der Waals surface area contributed by atoms with Crippen molar-refractivity contribution in [3.05, 3.63) is 59.2 Å². The second kappa shape index (κ2) is 8.44. The van der Waals surface area contributed by atoms with E-state index in [0.29, 0.717) is 5.71 Å². The molecule has 0 aliphatic heterocycles. The number of thioether (sulfide) groups is 1. The van der Waals surface area contributed by atoms with Crippen LogP contribution < -0.4 is 10.3 Å². The van der Waals surface area contributed by atoms with Gasteiger partial charge in [0.25, 0.3) is 0 Å². The summed E-state index contributed by atoms with van der Waals surface area (Å²) in [7, 11) is 1.92. The molecular formula is C22H25N3OS. The Morgan fingerprint density at radius 3 is 2.56 bits per heavy atom. The van der Waals surface area contributed by atoms with E-state index in [-0.39, 0.29) is 0 Å². The first-order valence-corrected chi connectivity index (χ1v) is 10.2. The Kier molecular flexibility index (Phi) is 6.01. The van der Waals surface area contributed by atoms with E-state index in [9.17, 15) is 4.79 Å². The van der Waals surface area contributed by atoms with E-state index in [1.54, 1.807) is 18.7 Å². The molecule has 0 bridgehead atoms. The van der Waals surface area contributed by atoms with Crippen LogP contribution in [0.3, 0.4) is 0 Å². The number of nitrogens with one attached hydrogen (secondary N) is 1. The average Bonchev–Trinajstić information content (AvgIpc) is 2.71. The monoisotopic (exact) mass is 379 g/mol. The van der Waals surface area contributed by atoms with E-state index >= 15 is 0 Å². The van der Waals surface area contributed by atoms with Crippen molar-refractivity contribution in [2.45, 2.75) is 31.6 Å². The van der Waals surface area contributed by atoms with Gasteiger partial charge in [-0.2, -0.15) is 5.10 Å². The maximum atomic E-state index is 11.3. The van der Waals surface area contributed by atoms with E-state index in [1.807, 2.05) is 12.1 Å². The highest BCUT2D eigenvalue weighted by Gasteiger charge is 2.23. The quantitative estimate of drug-likeness (QED) is 0.324. The zero-order valence-corrected chi connectivity index (χ0v) is 17.1. The van der Waals surface area contributed by atoms with E-state index in [2.05, 4.69) is 66.1 Å². The lowest BCUT2D eigenvalue weighted by atomic mass is 9.89. The third kappa shape index (κ3) is 4.08. The largest absolute Gasteiger partial charge is 0.388 e. The maximum absolute atomic E-state index is 11.3. The second-order valence-corrected chi connectivity index (χ2v) is 7.50. The first kappa shape index (κ1) is 19.2. The molecule has 0 amide bonds. The van der Waals surface area contributed by atoms with Crippen molar-refractivity contribution in [2.24, 2.45) is 5.10 Å². The predicted molar refractivity (Wildman–Crippen MR) is 117 cm³/mol. The molecule has 2 aromatic rings. The number of allylic oxidation sites excluding steroid dienone is 1. The molecule has 2 aromatic carbocycles. The number of anilines is 2. The number of aldehydes is 1. The highest BCUT2D eigenvalue weighted by molar-refractivity contribution is 7.98. The van der Waals surface area contributed by atoms with Gasteiger partial charge in [0.05, 0.1) is 17.1 Å². The van der Waals surface area contributed by atoms with Crippen molar-refractivity contribution in [3.8, 4) is 0 Å². The summed E-state index contributed by atoms with van der Waals surface area (Å²) in [6, 6.07) is 14.7. The number of fused-ring (bicyclic) bond motifs is 1. The van der Waals surface area contributed by atoms with Crippen molar-refractivity contribution in [1.82, 2.24) is 0 Å². The van der Waals surface area contributed by atoms with Crippen LogP contribution >= 0.6 is 11.8 Å². The Labute approximate surface area is 165 Å².